The largest absolute Gasteiger partial charge is 0.365 e. The van der Waals surface area contributed by atoms with Gasteiger partial charge < -0.3 is 10.2 Å². The topological polar surface area (TPSA) is 40.5 Å². The summed E-state index contributed by atoms with van der Waals surface area (Å²) in [7, 11) is 0. The summed E-state index contributed by atoms with van der Waals surface area (Å²) in [6, 6.07) is 0. The maximum absolute atomic E-state index is 9.84. The quantitative estimate of drug-likeness (QED) is 0.541. The van der Waals surface area contributed by atoms with Gasteiger partial charge in [-0.2, -0.15) is 0 Å². The summed E-state index contributed by atoms with van der Waals surface area (Å²) in [6.45, 7) is 6.34. The van der Waals surface area contributed by atoms with Crippen molar-refractivity contribution in [1.82, 2.24) is 0 Å². The summed E-state index contributed by atoms with van der Waals surface area (Å²) in [5.74, 6) is -0.920. The number of rotatable bonds is 0. The van der Waals surface area contributed by atoms with Crippen LogP contribution >= 0.6 is 0 Å². The fourth-order valence-corrected chi connectivity index (χ4v) is 3.24. The second-order valence-electron chi connectivity index (χ2n) is 5.31. The van der Waals surface area contributed by atoms with E-state index in [1.165, 1.54) is 0 Å². The lowest BCUT2D eigenvalue weighted by Gasteiger charge is -2.41. The minimum atomic E-state index is -1.42. The fraction of sp³-hybridized carbons (Fsp3) is 1.00. The molecule has 12 heavy (non-hydrogen) atoms. The Balaban J connectivity index is 2.47. The molecule has 0 aromatic carbocycles. The van der Waals surface area contributed by atoms with Gasteiger partial charge in [0.1, 0.15) is 0 Å². The van der Waals surface area contributed by atoms with E-state index in [4.69, 9.17) is 0 Å². The van der Waals surface area contributed by atoms with Crippen LogP contribution in [0, 0.1) is 16.7 Å². The van der Waals surface area contributed by atoms with E-state index in [0.717, 1.165) is 12.8 Å². The molecule has 2 rings (SSSR count). The average Bonchev–Trinajstić information content (AvgIpc) is 2.18. The first-order valence-electron chi connectivity index (χ1n) is 4.76. The highest BCUT2D eigenvalue weighted by atomic mass is 16.5. The standard InChI is InChI=1S/C10H18O2/c1-8(2)7-4-5-9(8,3)10(11,12)6-7/h7,11-12H,4-6H2,1-3H3/t7-,9+/m0/s1. The average molecular weight is 170 g/mol. The van der Waals surface area contributed by atoms with Crippen LogP contribution in [0.5, 0.6) is 0 Å². The summed E-state index contributed by atoms with van der Waals surface area (Å²) in [5, 5.41) is 19.7. The van der Waals surface area contributed by atoms with E-state index in [1.807, 2.05) is 6.92 Å². The SMILES string of the molecule is CC1(C)[C@H]2CC[C@@]1(C)C(O)(O)C2. The molecule has 2 aliphatic rings. The molecule has 0 aromatic rings. The Bertz CT molecular complexity index is 220. The molecule has 2 fully saturated rings. The van der Waals surface area contributed by atoms with E-state index < -0.39 is 5.79 Å². The minimum absolute atomic E-state index is 0.0938. The van der Waals surface area contributed by atoms with Crippen molar-refractivity contribution in [3.8, 4) is 0 Å². The van der Waals surface area contributed by atoms with Crippen LogP contribution in [0.2, 0.25) is 0 Å². The van der Waals surface area contributed by atoms with E-state index in [2.05, 4.69) is 13.8 Å². The van der Waals surface area contributed by atoms with E-state index in [1.54, 1.807) is 0 Å². The lowest BCUT2D eigenvalue weighted by atomic mass is 9.68. The molecule has 0 aromatic heterocycles. The monoisotopic (exact) mass is 170 g/mol. The molecule has 0 aliphatic heterocycles. The first-order valence-corrected chi connectivity index (χ1v) is 4.76. The van der Waals surface area contributed by atoms with Crippen molar-refractivity contribution in [3.05, 3.63) is 0 Å². The Labute approximate surface area is 73.6 Å². The van der Waals surface area contributed by atoms with E-state index in [9.17, 15) is 10.2 Å². The lowest BCUT2D eigenvalue weighted by molar-refractivity contribution is -0.241. The number of hydrogen-bond donors (Lipinski definition) is 2. The van der Waals surface area contributed by atoms with Crippen LogP contribution in [0.25, 0.3) is 0 Å². The van der Waals surface area contributed by atoms with Crippen molar-refractivity contribution in [3.63, 3.8) is 0 Å². The van der Waals surface area contributed by atoms with Gasteiger partial charge in [0, 0.05) is 11.8 Å². The number of hydrogen-bond acceptors (Lipinski definition) is 2. The number of aliphatic hydroxyl groups is 2. The number of fused-ring (bicyclic) bond motifs is 2. The molecule has 2 saturated carbocycles. The summed E-state index contributed by atoms with van der Waals surface area (Å²) in [6.07, 6.45) is 2.68. The Kier molecular flexibility index (Phi) is 1.33. The molecule has 2 atom stereocenters. The summed E-state index contributed by atoms with van der Waals surface area (Å²) >= 11 is 0. The third-order valence-corrected chi connectivity index (χ3v) is 4.85. The highest BCUT2D eigenvalue weighted by Gasteiger charge is 2.68. The normalized spacial score (nSPS) is 48.2. The van der Waals surface area contributed by atoms with Crippen LogP contribution in [-0.2, 0) is 0 Å². The molecular formula is C10H18O2. The van der Waals surface area contributed by atoms with Gasteiger partial charge in [0.2, 0.25) is 0 Å². The van der Waals surface area contributed by atoms with Gasteiger partial charge in [-0.25, -0.2) is 0 Å². The molecule has 0 radical (unpaired) electrons. The Hall–Kier alpha value is -0.0800. The molecule has 0 amide bonds. The molecule has 2 heteroatoms. The third-order valence-electron chi connectivity index (χ3n) is 4.85. The molecule has 0 heterocycles. The first kappa shape index (κ1) is 8.52. The molecule has 0 saturated heterocycles. The molecule has 2 aliphatic carbocycles. The lowest BCUT2D eigenvalue weighted by Crippen LogP contribution is -2.46. The second kappa shape index (κ2) is 1.88. The van der Waals surface area contributed by atoms with Crippen molar-refractivity contribution < 1.29 is 10.2 Å². The zero-order valence-corrected chi connectivity index (χ0v) is 8.09. The molecule has 0 spiro atoms. The molecule has 2 bridgehead atoms. The smallest absolute Gasteiger partial charge is 0.168 e. The summed E-state index contributed by atoms with van der Waals surface area (Å²) in [5.41, 5.74) is -0.193. The van der Waals surface area contributed by atoms with Crippen LogP contribution in [0.15, 0.2) is 0 Å². The summed E-state index contributed by atoms with van der Waals surface area (Å²) in [4.78, 5) is 0. The fourth-order valence-electron chi connectivity index (χ4n) is 3.24. The molecule has 2 nitrogen and oxygen atoms in total. The van der Waals surface area contributed by atoms with Gasteiger partial charge in [-0.05, 0) is 24.2 Å². The highest BCUT2D eigenvalue weighted by Crippen LogP contribution is 2.68. The van der Waals surface area contributed by atoms with E-state index in [-0.39, 0.29) is 10.8 Å². The van der Waals surface area contributed by atoms with E-state index >= 15 is 0 Å². The Morgan fingerprint density at radius 3 is 1.92 bits per heavy atom. The molecule has 70 valence electrons. The zero-order chi connectivity index (χ0) is 9.20. The van der Waals surface area contributed by atoms with Crippen LogP contribution in [0.1, 0.15) is 40.0 Å². The second-order valence-corrected chi connectivity index (χ2v) is 5.31. The Morgan fingerprint density at radius 1 is 1.17 bits per heavy atom. The maximum Gasteiger partial charge on any atom is 0.168 e. The van der Waals surface area contributed by atoms with Gasteiger partial charge in [0.05, 0.1) is 0 Å². The maximum atomic E-state index is 9.84. The predicted molar refractivity (Wildman–Crippen MR) is 46.4 cm³/mol. The van der Waals surface area contributed by atoms with Crippen molar-refractivity contribution in [1.29, 1.82) is 0 Å². The highest BCUT2D eigenvalue weighted by molar-refractivity contribution is 5.13. The third kappa shape index (κ3) is 0.647. The van der Waals surface area contributed by atoms with Gasteiger partial charge in [-0.3, -0.25) is 0 Å². The van der Waals surface area contributed by atoms with Crippen LogP contribution in [0.3, 0.4) is 0 Å². The van der Waals surface area contributed by atoms with Crippen molar-refractivity contribution in [2.24, 2.45) is 16.7 Å². The van der Waals surface area contributed by atoms with Gasteiger partial charge >= 0.3 is 0 Å². The molecular weight excluding hydrogens is 152 g/mol. The van der Waals surface area contributed by atoms with Crippen molar-refractivity contribution >= 4 is 0 Å². The minimum Gasteiger partial charge on any atom is -0.365 e. The van der Waals surface area contributed by atoms with Crippen molar-refractivity contribution in [2.45, 2.75) is 45.8 Å². The van der Waals surface area contributed by atoms with Gasteiger partial charge in [0.15, 0.2) is 5.79 Å². The van der Waals surface area contributed by atoms with Crippen LogP contribution < -0.4 is 0 Å². The van der Waals surface area contributed by atoms with Crippen LogP contribution in [0.4, 0.5) is 0 Å². The van der Waals surface area contributed by atoms with Gasteiger partial charge in [-0.1, -0.05) is 20.8 Å². The predicted octanol–water partition coefficient (Wildman–Crippen LogP) is 1.51. The Morgan fingerprint density at radius 2 is 1.75 bits per heavy atom. The first-order chi connectivity index (χ1) is 5.31. The van der Waals surface area contributed by atoms with Crippen molar-refractivity contribution in [2.75, 3.05) is 0 Å². The van der Waals surface area contributed by atoms with E-state index in [0.29, 0.717) is 12.3 Å². The van der Waals surface area contributed by atoms with Gasteiger partial charge in [0.25, 0.3) is 0 Å². The van der Waals surface area contributed by atoms with Crippen LogP contribution in [-0.4, -0.2) is 16.0 Å². The van der Waals surface area contributed by atoms with Gasteiger partial charge in [-0.15, -0.1) is 0 Å². The zero-order valence-electron chi connectivity index (χ0n) is 8.09. The summed E-state index contributed by atoms with van der Waals surface area (Å²) < 4.78 is 0. The molecule has 2 N–H and O–H groups in total. The molecule has 0 unspecified atom stereocenters.